The second kappa shape index (κ2) is 15.1. The van der Waals surface area contributed by atoms with Crippen LogP contribution in [0.3, 0.4) is 0 Å². The summed E-state index contributed by atoms with van der Waals surface area (Å²) in [6, 6.07) is 54.7. The fourth-order valence-electron chi connectivity index (χ4n) is 10.2. The second-order valence-corrected chi connectivity index (χ2v) is 17.2. The lowest BCUT2D eigenvalue weighted by Gasteiger charge is -2.27. The highest BCUT2D eigenvalue weighted by Gasteiger charge is 2.28. The first-order valence-corrected chi connectivity index (χ1v) is 22.2. The lowest BCUT2D eigenvalue weighted by Crippen LogP contribution is -2.37. The van der Waals surface area contributed by atoms with E-state index in [1.807, 2.05) is 0 Å². The minimum Gasteiger partial charge on any atom is -0.312 e. The average molecular weight is 812 g/mol. The Bertz CT molecular complexity index is 3540. The summed E-state index contributed by atoms with van der Waals surface area (Å²) in [6.07, 6.45) is 20.5. The summed E-state index contributed by atoms with van der Waals surface area (Å²) in [5.41, 5.74) is 12.5. The van der Waals surface area contributed by atoms with Crippen molar-refractivity contribution in [3.05, 3.63) is 210 Å². The molecular weight excluding hydrogens is 767 g/mol. The highest BCUT2D eigenvalue weighted by atomic mass is 15.1. The summed E-state index contributed by atoms with van der Waals surface area (Å²) in [7, 11) is 0. The van der Waals surface area contributed by atoms with Crippen LogP contribution >= 0.6 is 0 Å². The predicted molar refractivity (Wildman–Crippen MR) is 261 cm³/mol. The van der Waals surface area contributed by atoms with E-state index in [1.165, 1.54) is 60.1 Å². The Morgan fingerprint density at radius 1 is 0.556 bits per heavy atom. The molecule has 1 atom stereocenters. The van der Waals surface area contributed by atoms with E-state index in [0.29, 0.717) is 11.6 Å². The Kier molecular flexibility index (Phi) is 8.89. The molecular formula is C58H45N5. The number of nitrogens with zero attached hydrogens (tertiary/aromatic N) is 5. The maximum atomic E-state index is 5.50. The molecule has 0 N–H and O–H groups in total. The van der Waals surface area contributed by atoms with E-state index in [1.54, 1.807) is 0 Å². The van der Waals surface area contributed by atoms with Crippen LogP contribution in [0.4, 0.5) is 0 Å². The fraction of sp³-hybridized carbons (Fsp3) is 0.121. The second-order valence-electron chi connectivity index (χ2n) is 17.2. The number of hydrogen-bond acceptors (Lipinski definition) is 3. The standard InChI is InChI=1S/C58H45N5/c1-58(42-23-9-4-10-24-42)36-35-54-48(38-58)44-26-12-16-30-50(44)63(54)52-32-18-14-28-46(52)57-60-55(40-21-7-3-8-22-40)59-56(61-57)45-27-13-17-31-51(45)62-49-29-15-11-25-43(49)47-37-41(33-34-53(47)62)39-19-5-2-6-20-39/h2-7,9-16,18-21,23-30,32-35,37-38H,8,17,22,31,36H2,1H3. The van der Waals surface area contributed by atoms with Gasteiger partial charge in [0.2, 0.25) is 0 Å². The Hall–Kier alpha value is -7.63. The molecule has 6 aromatic carbocycles. The van der Waals surface area contributed by atoms with E-state index >= 15 is 0 Å². The first-order valence-electron chi connectivity index (χ1n) is 22.2. The van der Waals surface area contributed by atoms with Crippen LogP contribution in [-0.4, -0.2) is 24.1 Å². The molecule has 9 aromatic rings. The Morgan fingerprint density at radius 3 is 2.06 bits per heavy atom. The van der Waals surface area contributed by atoms with Gasteiger partial charge in [-0.1, -0.05) is 165 Å². The normalized spacial score (nSPS) is 17.2. The molecule has 3 heterocycles. The molecule has 0 radical (unpaired) electrons. The molecule has 12 rings (SSSR count). The van der Waals surface area contributed by atoms with E-state index in [2.05, 4.69) is 210 Å². The number of hydrogen-bond donors (Lipinski definition) is 0. The van der Waals surface area contributed by atoms with Crippen molar-refractivity contribution >= 4 is 61.7 Å². The predicted octanol–water partition coefficient (Wildman–Crippen LogP) is 12.6. The molecule has 5 heteroatoms. The zero-order valence-corrected chi connectivity index (χ0v) is 35.2. The number of allylic oxidation sites excluding steroid dienone is 8. The van der Waals surface area contributed by atoms with Crippen molar-refractivity contribution in [3.8, 4) is 28.2 Å². The zero-order chi connectivity index (χ0) is 41.9. The summed E-state index contributed by atoms with van der Waals surface area (Å²) in [6.45, 7) is 2.36. The van der Waals surface area contributed by atoms with Crippen LogP contribution in [0.15, 0.2) is 182 Å². The highest BCUT2D eigenvalue weighted by Crippen LogP contribution is 2.40. The maximum Gasteiger partial charge on any atom is 0.166 e. The third-order valence-corrected chi connectivity index (χ3v) is 13.3. The first-order chi connectivity index (χ1) is 31.1. The Labute approximate surface area is 366 Å². The van der Waals surface area contributed by atoms with Gasteiger partial charge in [-0.15, -0.1) is 0 Å². The molecule has 0 aliphatic heterocycles. The quantitative estimate of drug-likeness (QED) is 0.161. The van der Waals surface area contributed by atoms with Crippen LogP contribution in [0.1, 0.15) is 56.2 Å². The molecule has 0 saturated heterocycles. The van der Waals surface area contributed by atoms with Gasteiger partial charge in [-0.3, -0.25) is 0 Å². The van der Waals surface area contributed by atoms with Crippen LogP contribution < -0.4 is 10.6 Å². The van der Waals surface area contributed by atoms with Crippen molar-refractivity contribution in [2.75, 3.05) is 0 Å². The van der Waals surface area contributed by atoms with Crippen molar-refractivity contribution in [2.45, 2.75) is 44.4 Å². The van der Waals surface area contributed by atoms with Gasteiger partial charge in [0.15, 0.2) is 17.5 Å². The van der Waals surface area contributed by atoms with Crippen molar-refractivity contribution in [3.63, 3.8) is 0 Å². The first kappa shape index (κ1) is 37.2. The molecule has 3 aliphatic rings. The molecule has 0 spiro atoms. The van der Waals surface area contributed by atoms with Crippen molar-refractivity contribution < 1.29 is 0 Å². The van der Waals surface area contributed by atoms with E-state index in [0.717, 1.165) is 65.8 Å². The van der Waals surface area contributed by atoms with Crippen LogP contribution in [0.5, 0.6) is 0 Å². The molecule has 1 unspecified atom stereocenters. The number of fused-ring (bicyclic) bond motifs is 6. The SMILES string of the molecule is CC1(c2ccccc2)C=c2c(n(-c3ccccc3-c3nc(C4=CC=CCC4)nc(C4=C(n5c6ccccc6c6cc(-c7ccccc7)ccc65)CCC=C4)n3)c3ccccc23)=CC1. The van der Waals surface area contributed by atoms with Crippen LogP contribution in [0, 0.1) is 0 Å². The third-order valence-electron chi connectivity index (χ3n) is 13.3. The summed E-state index contributed by atoms with van der Waals surface area (Å²) in [5.74, 6) is 2.09. The summed E-state index contributed by atoms with van der Waals surface area (Å²) in [5, 5.41) is 6.17. The van der Waals surface area contributed by atoms with Gasteiger partial charge in [0.25, 0.3) is 0 Å². The van der Waals surface area contributed by atoms with Gasteiger partial charge in [-0.05, 0) is 90.8 Å². The van der Waals surface area contributed by atoms with Crippen LogP contribution in [0.2, 0.25) is 0 Å². The third kappa shape index (κ3) is 6.26. The Balaban J connectivity index is 1.08. The van der Waals surface area contributed by atoms with Gasteiger partial charge in [-0.25, -0.2) is 15.0 Å². The van der Waals surface area contributed by atoms with Gasteiger partial charge >= 0.3 is 0 Å². The zero-order valence-electron chi connectivity index (χ0n) is 35.2. The molecule has 5 nitrogen and oxygen atoms in total. The van der Waals surface area contributed by atoms with E-state index in [9.17, 15) is 0 Å². The summed E-state index contributed by atoms with van der Waals surface area (Å²) >= 11 is 0. The molecule has 302 valence electrons. The van der Waals surface area contributed by atoms with Crippen LogP contribution in [-0.2, 0) is 5.41 Å². The number of rotatable bonds is 7. The number of aromatic nitrogens is 5. The van der Waals surface area contributed by atoms with E-state index < -0.39 is 0 Å². The van der Waals surface area contributed by atoms with Gasteiger partial charge in [0.05, 0.1) is 22.2 Å². The monoisotopic (exact) mass is 811 g/mol. The number of benzene rings is 6. The molecule has 63 heavy (non-hydrogen) atoms. The Morgan fingerprint density at radius 2 is 1.24 bits per heavy atom. The molecule has 3 aromatic heterocycles. The fourth-order valence-corrected chi connectivity index (χ4v) is 10.2. The van der Waals surface area contributed by atoms with Crippen molar-refractivity contribution in [1.82, 2.24) is 24.1 Å². The smallest absolute Gasteiger partial charge is 0.166 e. The molecule has 0 bridgehead atoms. The lowest BCUT2D eigenvalue weighted by molar-refractivity contribution is 0.652. The van der Waals surface area contributed by atoms with Crippen LogP contribution in [0.25, 0.3) is 89.9 Å². The topological polar surface area (TPSA) is 48.5 Å². The summed E-state index contributed by atoms with van der Waals surface area (Å²) in [4.78, 5) is 16.2. The average Bonchev–Trinajstić information content (AvgIpc) is 3.86. The molecule has 0 amide bonds. The molecule has 0 saturated carbocycles. The minimum atomic E-state index is -0.123. The lowest BCUT2D eigenvalue weighted by atomic mass is 9.77. The summed E-state index contributed by atoms with van der Waals surface area (Å²) < 4.78 is 4.89. The molecule has 0 fully saturated rings. The van der Waals surface area contributed by atoms with Crippen molar-refractivity contribution in [1.29, 1.82) is 0 Å². The van der Waals surface area contributed by atoms with Gasteiger partial charge in [0.1, 0.15) is 0 Å². The van der Waals surface area contributed by atoms with Gasteiger partial charge in [0, 0.05) is 49.0 Å². The number of para-hydroxylation sites is 3. The van der Waals surface area contributed by atoms with Gasteiger partial charge in [-0.2, -0.15) is 0 Å². The van der Waals surface area contributed by atoms with Crippen molar-refractivity contribution in [2.24, 2.45) is 0 Å². The largest absolute Gasteiger partial charge is 0.312 e. The van der Waals surface area contributed by atoms with E-state index in [-0.39, 0.29) is 5.41 Å². The minimum absolute atomic E-state index is 0.123. The highest BCUT2D eigenvalue weighted by molar-refractivity contribution is 6.12. The molecule has 3 aliphatic carbocycles. The maximum absolute atomic E-state index is 5.50. The van der Waals surface area contributed by atoms with E-state index in [4.69, 9.17) is 15.0 Å². The van der Waals surface area contributed by atoms with Gasteiger partial charge < -0.3 is 9.13 Å².